The second-order valence-electron chi connectivity index (χ2n) is 3.56. The fourth-order valence-corrected chi connectivity index (χ4v) is 1.97. The molecule has 0 unspecified atom stereocenters. The van der Waals surface area contributed by atoms with Gasteiger partial charge in [0.1, 0.15) is 5.75 Å². The Morgan fingerprint density at radius 1 is 1.29 bits per heavy atom. The van der Waals surface area contributed by atoms with Gasteiger partial charge in [0.15, 0.2) is 0 Å². The molecular weight excluding hydrogens is 264 g/mol. The Labute approximate surface area is 103 Å². The zero-order valence-corrected chi connectivity index (χ0v) is 10.5. The minimum Gasteiger partial charge on any atom is -0.338 e. The number of hydrogen-bond acceptors (Lipinski definition) is 5. The van der Waals surface area contributed by atoms with Crippen LogP contribution in [-0.4, -0.2) is 18.6 Å². The molecule has 0 aliphatic rings. The number of hydrogen-bond donors (Lipinski definition) is 0. The maximum atomic E-state index is 10.8. The van der Waals surface area contributed by atoms with E-state index < -0.39 is 14.8 Å². The van der Waals surface area contributed by atoms with Crippen molar-refractivity contribution in [2.24, 2.45) is 0 Å². The van der Waals surface area contributed by atoms with E-state index in [1.807, 2.05) is 31.2 Å². The zero-order chi connectivity index (χ0) is 12.5. The normalized spacial score (nSPS) is 11.6. The van der Waals surface area contributed by atoms with Crippen LogP contribution < -0.4 is 0 Å². The smallest absolute Gasteiger partial charge is 0.243 e. The van der Waals surface area contributed by atoms with E-state index in [-0.39, 0.29) is 5.89 Å². The molecule has 1 heterocycles. The number of rotatable bonds is 3. The standard InChI is InChI=1S/C10H9ClN2O3S/c1-7-2-4-8(5-3-7)10-12-9(16-13-10)6-17(11,14)15/h2-5H,6H2,1H3. The maximum Gasteiger partial charge on any atom is 0.243 e. The highest BCUT2D eigenvalue weighted by Crippen LogP contribution is 2.17. The molecule has 17 heavy (non-hydrogen) atoms. The summed E-state index contributed by atoms with van der Waals surface area (Å²) in [5, 5.41) is 3.69. The van der Waals surface area contributed by atoms with Gasteiger partial charge in [-0.15, -0.1) is 0 Å². The molecule has 90 valence electrons. The molecule has 1 aromatic carbocycles. The summed E-state index contributed by atoms with van der Waals surface area (Å²) in [7, 11) is 1.41. The van der Waals surface area contributed by atoms with Crippen LogP contribution in [0.3, 0.4) is 0 Å². The van der Waals surface area contributed by atoms with Crippen molar-refractivity contribution in [2.75, 3.05) is 0 Å². The van der Waals surface area contributed by atoms with Crippen molar-refractivity contribution in [3.63, 3.8) is 0 Å². The van der Waals surface area contributed by atoms with E-state index in [1.165, 1.54) is 0 Å². The summed E-state index contributed by atoms with van der Waals surface area (Å²) in [6, 6.07) is 7.48. The van der Waals surface area contributed by atoms with Gasteiger partial charge in [-0.3, -0.25) is 0 Å². The summed E-state index contributed by atoms with van der Waals surface area (Å²) in [6.07, 6.45) is 0. The van der Waals surface area contributed by atoms with Crippen LogP contribution in [0.2, 0.25) is 0 Å². The molecule has 2 aromatic rings. The first-order valence-electron chi connectivity index (χ1n) is 4.76. The van der Waals surface area contributed by atoms with Crippen molar-refractivity contribution in [3.05, 3.63) is 35.7 Å². The van der Waals surface area contributed by atoms with Crippen LogP contribution in [0.4, 0.5) is 0 Å². The van der Waals surface area contributed by atoms with Gasteiger partial charge in [-0.2, -0.15) is 4.98 Å². The summed E-state index contributed by atoms with van der Waals surface area (Å²) < 4.78 is 26.5. The predicted molar refractivity (Wildman–Crippen MR) is 62.9 cm³/mol. The van der Waals surface area contributed by atoms with Crippen molar-refractivity contribution in [1.29, 1.82) is 0 Å². The fraction of sp³-hybridized carbons (Fsp3) is 0.200. The number of halogens is 1. The highest BCUT2D eigenvalue weighted by atomic mass is 35.7. The largest absolute Gasteiger partial charge is 0.338 e. The molecular formula is C10H9ClN2O3S. The molecule has 0 bridgehead atoms. The summed E-state index contributed by atoms with van der Waals surface area (Å²) in [6.45, 7) is 1.96. The third kappa shape index (κ3) is 3.28. The van der Waals surface area contributed by atoms with Gasteiger partial charge >= 0.3 is 0 Å². The molecule has 0 spiro atoms. The van der Waals surface area contributed by atoms with E-state index in [0.29, 0.717) is 5.82 Å². The lowest BCUT2D eigenvalue weighted by molar-refractivity contribution is 0.390. The zero-order valence-electron chi connectivity index (χ0n) is 8.92. The maximum absolute atomic E-state index is 10.8. The van der Waals surface area contributed by atoms with Crippen LogP contribution in [0.5, 0.6) is 0 Å². The molecule has 0 aliphatic carbocycles. The van der Waals surface area contributed by atoms with Crippen molar-refractivity contribution in [1.82, 2.24) is 10.1 Å². The van der Waals surface area contributed by atoms with Crippen LogP contribution in [0.15, 0.2) is 28.8 Å². The van der Waals surface area contributed by atoms with Gasteiger partial charge in [-0.1, -0.05) is 35.0 Å². The summed E-state index contributed by atoms with van der Waals surface area (Å²) in [5.41, 5.74) is 1.87. The molecule has 2 rings (SSSR count). The molecule has 0 N–H and O–H groups in total. The van der Waals surface area contributed by atoms with E-state index in [9.17, 15) is 8.42 Å². The Kier molecular flexibility index (Phi) is 3.17. The number of benzene rings is 1. The van der Waals surface area contributed by atoms with Gasteiger partial charge in [0, 0.05) is 16.2 Å². The number of aromatic nitrogens is 2. The highest BCUT2D eigenvalue weighted by molar-refractivity contribution is 8.13. The SMILES string of the molecule is Cc1ccc(-c2noc(CS(=O)(=O)Cl)n2)cc1. The minimum atomic E-state index is -3.68. The number of nitrogens with zero attached hydrogens (tertiary/aromatic N) is 2. The average molecular weight is 273 g/mol. The van der Waals surface area contributed by atoms with Crippen LogP contribution in [0.1, 0.15) is 11.5 Å². The lowest BCUT2D eigenvalue weighted by atomic mass is 10.1. The van der Waals surface area contributed by atoms with Gasteiger partial charge in [0.2, 0.25) is 20.8 Å². The van der Waals surface area contributed by atoms with Crippen molar-refractivity contribution in [3.8, 4) is 11.4 Å². The number of aryl methyl sites for hydroxylation is 1. The lowest BCUT2D eigenvalue weighted by Crippen LogP contribution is -1.94. The van der Waals surface area contributed by atoms with E-state index >= 15 is 0 Å². The Bertz CT molecular complexity index is 619. The van der Waals surface area contributed by atoms with E-state index in [0.717, 1.165) is 11.1 Å². The average Bonchev–Trinajstić information content (AvgIpc) is 2.64. The van der Waals surface area contributed by atoms with Crippen LogP contribution >= 0.6 is 10.7 Å². The first kappa shape index (κ1) is 12.1. The molecule has 1 aromatic heterocycles. The summed E-state index contributed by atoms with van der Waals surface area (Å²) in [4.78, 5) is 3.95. The first-order valence-corrected chi connectivity index (χ1v) is 7.24. The van der Waals surface area contributed by atoms with Gasteiger partial charge in [0.05, 0.1) is 0 Å². The topological polar surface area (TPSA) is 73.1 Å². The monoisotopic (exact) mass is 272 g/mol. The Balaban J connectivity index is 2.27. The van der Waals surface area contributed by atoms with Gasteiger partial charge < -0.3 is 4.52 Å². The van der Waals surface area contributed by atoms with Crippen LogP contribution in [0, 0.1) is 6.92 Å². The lowest BCUT2D eigenvalue weighted by Gasteiger charge is -1.94. The summed E-state index contributed by atoms with van der Waals surface area (Å²) >= 11 is 0. The van der Waals surface area contributed by atoms with Crippen LogP contribution in [-0.2, 0) is 14.8 Å². The fourth-order valence-electron chi connectivity index (χ4n) is 1.28. The summed E-state index contributed by atoms with van der Waals surface area (Å²) in [5.74, 6) is -0.135. The molecule has 5 nitrogen and oxygen atoms in total. The minimum absolute atomic E-state index is 0.0180. The molecule has 0 saturated heterocycles. The van der Waals surface area contributed by atoms with Crippen molar-refractivity contribution < 1.29 is 12.9 Å². The highest BCUT2D eigenvalue weighted by Gasteiger charge is 2.15. The van der Waals surface area contributed by atoms with Crippen molar-refractivity contribution in [2.45, 2.75) is 12.7 Å². The quantitative estimate of drug-likeness (QED) is 0.800. The molecule has 0 saturated carbocycles. The van der Waals surface area contributed by atoms with E-state index in [4.69, 9.17) is 15.2 Å². The Morgan fingerprint density at radius 3 is 2.53 bits per heavy atom. The Morgan fingerprint density at radius 2 is 1.94 bits per heavy atom. The molecule has 0 atom stereocenters. The molecule has 0 fully saturated rings. The molecule has 0 aliphatic heterocycles. The first-order chi connectivity index (χ1) is 7.94. The molecule has 7 heteroatoms. The van der Waals surface area contributed by atoms with Crippen LogP contribution in [0.25, 0.3) is 11.4 Å². The van der Waals surface area contributed by atoms with Gasteiger partial charge in [0.25, 0.3) is 0 Å². The molecule has 0 radical (unpaired) electrons. The Hall–Kier alpha value is -1.40. The third-order valence-corrected chi connectivity index (χ3v) is 2.99. The van der Waals surface area contributed by atoms with E-state index in [1.54, 1.807) is 0 Å². The second-order valence-corrected chi connectivity index (χ2v) is 6.34. The van der Waals surface area contributed by atoms with Crippen molar-refractivity contribution >= 4 is 19.7 Å². The van der Waals surface area contributed by atoms with Gasteiger partial charge in [-0.25, -0.2) is 8.42 Å². The third-order valence-electron chi connectivity index (χ3n) is 2.07. The second kappa shape index (κ2) is 4.46. The van der Waals surface area contributed by atoms with Gasteiger partial charge in [-0.05, 0) is 6.92 Å². The molecule has 0 amide bonds. The van der Waals surface area contributed by atoms with E-state index in [2.05, 4.69) is 10.1 Å². The predicted octanol–water partition coefficient (Wildman–Crippen LogP) is 2.11.